The summed E-state index contributed by atoms with van der Waals surface area (Å²) in [7, 11) is 2.00. The smallest absolute Gasteiger partial charge is 0.0665 e. The molecule has 1 aliphatic rings. The van der Waals surface area contributed by atoms with Crippen LogP contribution in [0.15, 0.2) is 18.2 Å². The first kappa shape index (κ1) is 16.5. The van der Waals surface area contributed by atoms with E-state index in [1.54, 1.807) is 0 Å². The normalized spacial score (nSPS) is 27.6. The highest BCUT2D eigenvalue weighted by Crippen LogP contribution is 2.24. The average molecular weight is 291 g/mol. The number of aryl methyl sites for hydroxylation is 2. The van der Waals surface area contributed by atoms with E-state index in [0.29, 0.717) is 24.9 Å². The van der Waals surface area contributed by atoms with Crippen LogP contribution in [0.2, 0.25) is 0 Å². The van der Waals surface area contributed by atoms with E-state index in [1.807, 2.05) is 7.05 Å². The lowest BCUT2D eigenvalue weighted by Crippen LogP contribution is -2.35. The molecular weight excluding hydrogens is 262 g/mol. The van der Waals surface area contributed by atoms with Crippen LogP contribution in [0, 0.1) is 13.8 Å². The number of likely N-dealkylation sites (N-methyl/N-ethyl adjacent to an activating group) is 1. The van der Waals surface area contributed by atoms with E-state index in [2.05, 4.69) is 51.2 Å². The Bertz CT molecular complexity index is 430. The Morgan fingerprint density at radius 2 is 1.71 bits per heavy atom. The van der Waals surface area contributed by atoms with Crippen LogP contribution in [0.25, 0.3) is 0 Å². The first-order valence-corrected chi connectivity index (χ1v) is 8.00. The molecule has 0 radical (unpaired) electrons. The Morgan fingerprint density at radius 3 is 2.24 bits per heavy atom. The average Bonchev–Trinajstić information content (AvgIpc) is 2.37. The summed E-state index contributed by atoms with van der Waals surface area (Å²) in [5.74, 6) is 0. The molecule has 0 saturated carbocycles. The van der Waals surface area contributed by atoms with Crippen LogP contribution in [0.5, 0.6) is 0 Å². The molecule has 1 heterocycles. The van der Waals surface area contributed by atoms with Crippen molar-refractivity contribution in [3.05, 3.63) is 34.9 Å². The summed E-state index contributed by atoms with van der Waals surface area (Å²) < 4.78 is 11.9. The monoisotopic (exact) mass is 291 g/mol. The number of hydrogen-bond donors (Lipinski definition) is 1. The van der Waals surface area contributed by atoms with Gasteiger partial charge in [0.15, 0.2) is 0 Å². The van der Waals surface area contributed by atoms with Crippen LogP contribution in [-0.2, 0) is 9.47 Å². The topological polar surface area (TPSA) is 30.5 Å². The Labute approximate surface area is 129 Å². The van der Waals surface area contributed by atoms with Gasteiger partial charge in [-0.15, -0.1) is 0 Å². The molecule has 1 aromatic carbocycles. The lowest BCUT2D eigenvalue weighted by molar-refractivity contribution is -0.104. The summed E-state index contributed by atoms with van der Waals surface area (Å²) in [5.41, 5.74) is 3.92. The van der Waals surface area contributed by atoms with Gasteiger partial charge in [0.05, 0.1) is 31.0 Å². The minimum absolute atomic E-state index is 0.247. The van der Waals surface area contributed by atoms with Crippen molar-refractivity contribution in [2.24, 2.45) is 0 Å². The molecule has 0 spiro atoms. The first-order chi connectivity index (χ1) is 9.97. The van der Waals surface area contributed by atoms with Crippen molar-refractivity contribution in [1.29, 1.82) is 0 Å². The molecule has 0 amide bonds. The van der Waals surface area contributed by atoms with E-state index < -0.39 is 0 Å². The van der Waals surface area contributed by atoms with Gasteiger partial charge in [-0.1, -0.05) is 29.3 Å². The van der Waals surface area contributed by atoms with Crippen LogP contribution >= 0.6 is 0 Å². The van der Waals surface area contributed by atoms with Crippen molar-refractivity contribution >= 4 is 0 Å². The molecule has 1 N–H and O–H groups in total. The molecule has 3 unspecified atom stereocenters. The zero-order valence-electron chi connectivity index (χ0n) is 14.0. The molecule has 2 rings (SSSR count). The molecule has 0 aromatic heterocycles. The Kier molecular flexibility index (Phi) is 5.80. The van der Waals surface area contributed by atoms with Crippen molar-refractivity contribution in [2.75, 3.05) is 13.7 Å². The molecule has 0 aliphatic carbocycles. The SMILES string of the molecule is CNC(COC1CC(C)OC(C)C1)c1cc(C)cc(C)c1. The summed E-state index contributed by atoms with van der Waals surface area (Å²) in [6.45, 7) is 9.26. The Hall–Kier alpha value is -0.900. The van der Waals surface area contributed by atoms with Gasteiger partial charge < -0.3 is 14.8 Å². The third-order valence-electron chi connectivity index (χ3n) is 4.15. The minimum Gasteiger partial charge on any atom is -0.376 e. The van der Waals surface area contributed by atoms with Crippen molar-refractivity contribution in [1.82, 2.24) is 5.32 Å². The van der Waals surface area contributed by atoms with Crippen LogP contribution in [0.4, 0.5) is 0 Å². The summed E-state index contributed by atoms with van der Waals surface area (Å²) in [5, 5.41) is 3.38. The van der Waals surface area contributed by atoms with E-state index in [4.69, 9.17) is 9.47 Å². The van der Waals surface area contributed by atoms with E-state index >= 15 is 0 Å². The maximum atomic E-state index is 6.17. The zero-order chi connectivity index (χ0) is 15.4. The summed E-state index contributed by atoms with van der Waals surface area (Å²) in [6, 6.07) is 6.94. The van der Waals surface area contributed by atoms with Crippen molar-refractivity contribution in [3.63, 3.8) is 0 Å². The fourth-order valence-electron chi connectivity index (χ4n) is 3.27. The van der Waals surface area contributed by atoms with Gasteiger partial charge in [-0.2, -0.15) is 0 Å². The third kappa shape index (κ3) is 4.80. The molecule has 1 aliphatic heterocycles. The van der Waals surface area contributed by atoms with Crippen molar-refractivity contribution < 1.29 is 9.47 Å². The number of ether oxygens (including phenoxy) is 2. The van der Waals surface area contributed by atoms with Gasteiger partial charge in [0.2, 0.25) is 0 Å². The highest BCUT2D eigenvalue weighted by molar-refractivity contribution is 5.30. The van der Waals surface area contributed by atoms with Crippen LogP contribution < -0.4 is 5.32 Å². The molecule has 0 bridgehead atoms. The molecule has 118 valence electrons. The van der Waals surface area contributed by atoms with Crippen LogP contribution in [0.1, 0.15) is 49.4 Å². The fraction of sp³-hybridized carbons (Fsp3) is 0.667. The van der Waals surface area contributed by atoms with Crippen molar-refractivity contribution in [3.8, 4) is 0 Å². The predicted octanol–water partition coefficient (Wildman–Crippen LogP) is 3.54. The molecule has 3 heteroatoms. The molecule has 1 aromatic rings. The highest BCUT2D eigenvalue weighted by atomic mass is 16.5. The van der Waals surface area contributed by atoms with Crippen LogP contribution in [-0.4, -0.2) is 32.0 Å². The predicted molar refractivity (Wildman–Crippen MR) is 86.7 cm³/mol. The number of nitrogens with one attached hydrogen (secondary N) is 1. The van der Waals surface area contributed by atoms with Gasteiger partial charge in [-0.3, -0.25) is 0 Å². The molecule has 3 atom stereocenters. The zero-order valence-corrected chi connectivity index (χ0v) is 14.0. The fourth-order valence-corrected chi connectivity index (χ4v) is 3.27. The van der Waals surface area contributed by atoms with Crippen molar-refractivity contribution in [2.45, 2.75) is 64.9 Å². The number of rotatable bonds is 5. The molecule has 1 fully saturated rings. The lowest BCUT2D eigenvalue weighted by atomic mass is 10.0. The standard InChI is InChI=1S/C18H29NO2/c1-12-6-13(2)8-16(7-12)18(19-5)11-20-17-9-14(3)21-15(4)10-17/h6-8,14-15,17-19H,9-11H2,1-5H3. The van der Waals surface area contributed by atoms with Gasteiger partial charge in [0, 0.05) is 0 Å². The lowest BCUT2D eigenvalue weighted by Gasteiger charge is -2.33. The maximum Gasteiger partial charge on any atom is 0.0665 e. The molecule has 3 nitrogen and oxygen atoms in total. The summed E-state index contributed by atoms with van der Waals surface area (Å²) in [4.78, 5) is 0. The minimum atomic E-state index is 0.247. The number of hydrogen-bond acceptors (Lipinski definition) is 3. The second-order valence-corrected chi connectivity index (χ2v) is 6.45. The molecule has 21 heavy (non-hydrogen) atoms. The largest absolute Gasteiger partial charge is 0.376 e. The maximum absolute atomic E-state index is 6.17. The van der Waals surface area contributed by atoms with Crippen LogP contribution in [0.3, 0.4) is 0 Å². The molecule has 1 saturated heterocycles. The van der Waals surface area contributed by atoms with Gasteiger partial charge in [-0.05, 0) is 53.1 Å². The van der Waals surface area contributed by atoms with E-state index in [1.165, 1.54) is 16.7 Å². The van der Waals surface area contributed by atoms with E-state index in [0.717, 1.165) is 12.8 Å². The highest BCUT2D eigenvalue weighted by Gasteiger charge is 2.25. The Morgan fingerprint density at radius 1 is 1.14 bits per heavy atom. The second kappa shape index (κ2) is 7.39. The number of benzene rings is 1. The second-order valence-electron chi connectivity index (χ2n) is 6.45. The molecular formula is C18H29NO2. The third-order valence-corrected chi connectivity index (χ3v) is 4.15. The summed E-state index contributed by atoms with van der Waals surface area (Å²) in [6.07, 6.45) is 2.90. The van der Waals surface area contributed by atoms with E-state index in [9.17, 15) is 0 Å². The van der Waals surface area contributed by atoms with Gasteiger partial charge >= 0.3 is 0 Å². The van der Waals surface area contributed by atoms with E-state index in [-0.39, 0.29) is 6.04 Å². The summed E-state index contributed by atoms with van der Waals surface area (Å²) >= 11 is 0. The Balaban J connectivity index is 1.96. The van der Waals surface area contributed by atoms with Gasteiger partial charge in [-0.25, -0.2) is 0 Å². The van der Waals surface area contributed by atoms with Gasteiger partial charge in [0.25, 0.3) is 0 Å². The quantitative estimate of drug-likeness (QED) is 0.900. The first-order valence-electron chi connectivity index (χ1n) is 8.00. The van der Waals surface area contributed by atoms with Gasteiger partial charge in [0.1, 0.15) is 0 Å².